The fourth-order valence-corrected chi connectivity index (χ4v) is 4.13. The number of likely N-dealkylation sites (tertiary alicyclic amines) is 1. The second-order valence-electron chi connectivity index (χ2n) is 9.00. The Hall–Kier alpha value is -2.43. The van der Waals surface area contributed by atoms with Crippen molar-refractivity contribution >= 4 is 34.6 Å². The number of benzene rings is 2. The molecule has 2 N–H and O–H groups in total. The Morgan fingerprint density at radius 3 is 2.36 bits per heavy atom. The first kappa shape index (κ1) is 25.2. The van der Waals surface area contributed by atoms with Crippen molar-refractivity contribution in [3.05, 3.63) is 62.2 Å². The zero-order chi connectivity index (χ0) is 24.3. The molecule has 0 aliphatic carbocycles. The highest BCUT2D eigenvalue weighted by molar-refractivity contribution is 14.1. The predicted octanol–water partition coefficient (Wildman–Crippen LogP) is 5.04. The van der Waals surface area contributed by atoms with Gasteiger partial charge in [-0.05, 0) is 72.7 Å². The fraction of sp³-hybridized carbons (Fsp3) is 0.417. The zero-order valence-electron chi connectivity index (χ0n) is 18.8. The van der Waals surface area contributed by atoms with Crippen molar-refractivity contribution < 1.29 is 27.8 Å². The van der Waals surface area contributed by atoms with Crippen LogP contribution in [0.3, 0.4) is 0 Å². The number of hydrogen-bond acceptors (Lipinski definition) is 4. The van der Waals surface area contributed by atoms with Crippen LogP contribution in [0.2, 0.25) is 0 Å². The Morgan fingerprint density at radius 1 is 1.12 bits per heavy atom. The van der Waals surface area contributed by atoms with Gasteiger partial charge in [0.1, 0.15) is 29.1 Å². The fourth-order valence-electron chi connectivity index (χ4n) is 3.68. The number of carbonyl (C=O) groups excluding carboxylic acids is 2. The number of halogens is 3. The molecule has 3 rings (SSSR count). The molecule has 0 atom stereocenters. The van der Waals surface area contributed by atoms with Crippen molar-refractivity contribution in [1.29, 1.82) is 0 Å². The summed E-state index contributed by atoms with van der Waals surface area (Å²) < 4.78 is 40.9. The normalized spacial score (nSPS) is 14.8. The highest BCUT2D eigenvalue weighted by Gasteiger charge is 2.29. The van der Waals surface area contributed by atoms with E-state index in [2.05, 4.69) is 0 Å². The lowest BCUT2D eigenvalue weighted by atomic mass is 9.97. The standard InChI is InChI=1S/C24H27F2IN2O4/c1-24(2,3)33-23(31)29-8-6-18(7-9-29)32-20-12-16(25)11-15(21(20)22(28)30)10-14-4-5-17(27)13-19(14)26/h4-5,11-13,18H,6-10H2,1-3H3,(H2,28,30). The molecule has 1 aliphatic rings. The minimum Gasteiger partial charge on any atom is -0.489 e. The number of piperidine rings is 1. The van der Waals surface area contributed by atoms with E-state index in [0.717, 1.165) is 9.64 Å². The second kappa shape index (κ2) is 10.2. The van der Waals surface area contributed by atoms with Crippen LogP contribution < -0.4 is 10.5 Å². The molecule has 0 spiro atoms. The number of nitrogens with two attached hydrogens (primary N) is 1. The number of amides is 2. The van der Waals surface area contributed by atoms with Crippen LogP contribution in [0.5, 0.6) is 5.75 Å². The van der Waals surface area contributed by atoms with Gasteiger partial charge in [-0.15, -0.1) is 0 Å². The van der Waals surface area contributed by atoms with Gasteiger partial charge < -0.3 is 20.1 Å². The zero-order valence-corrected chi connectivity index (χ0v) is 20.9. The molecule has 1 heterocycles. The molecule has 0 radical (unpaired) electrons. The number of carbonyl (C=O) groups is 2. The molecule has 0 saturated carbocycles. The van der Waals surface area contributed by atoms with Crippen LogP contribution in [0.4, 0.5) is 13.6 Å². The monoisotopic (exact) mass is 572 g/mol. The summed E-state index contributed by atoms with van der Waals surface area (Å²) in [6.07, 6.45) is 0.217. The number of nitrogens with zero attached hydrogens (tertiary/aromatic N) is 1. The summed E-state index contributed by atoms with van der Waals surface area (Å²) in [4.78, 5) is 26.1. The van der Waals surface area contributed by atoms with Gasteiger partial charge in [-0.1, -0.05) is 6.07 Å². The lowest BCUT2D eigenvalue weighted by Gasteiger charge is -2.33. The average molecular weight is 572 g/mol. The maximum absolute atomic E-state index is 14.4. The number of primary amides is 1. The number of rotatable bonds is 5. The van der Waals surface area contributed by atoms with Gasteiger partial charge in [0.05, 0.1) is 5.56 Å². The molecule has 178 valence electrons. The lowest BCUT2D eigenvalue weighted by molar-refractivity contribution is 0.0126. The summed E-state index contributed by atoms with van der Waals surface area (Å²) in [7, 11) is 0. The van der Waals surface area contributed by atoms with Crippen molar-refractivity contribution in [1.82, 2.24) is 4.90 Å². The van der Waals surface area contributed by atoms with Gasteiger partial charge in [0.2, 0.25) is 0 Å². The van der Waals surface area contributed by atoms with Crippen LogP contribution in [-0.2, 0) is 11.2 Å². The Kier molecular flexibility index (Phi) is 7.81. The molecular formula is C24H27F2IN2O4. The summed E-state index contributed by atoms with van der Waals surface area (Å²) in [5.41, 5.74) is 5.62. The van der Waals surface area contributed by atoms with Crippen LogP contribution in [0.1, 0.15) is 55.1 Å². The van der Waals surface area contributed by atoms with E-state index in [1.165, 1.54) is 12.1 Å². The maximum Gasteiger partial charge on any atom is 0.410 e. The minimum atomic E-state index is -0.780. The maximum atomic E-state index is 14.4. The van der Waals surface area contributed by atoms with E-state index in [1.807, 2.05) is 22.6 Å². The molecule has 0 aromatic heterocycles. The van der Waals surface area contributed by atoms with Crippen molar-refractivity contribution in [3.8, 4) is 5.75 Å². The van der Waals surface area contributed by atoms with Crippen LogP contribution in [-0.4, -0.2) is 41.7 Å². The minimum absolute atomic E-state index is 0.00770. The highest BCUT2D eigenvalue weighted by Crippen LogP contribution is 2.30. The SMILES string of the molecule is CC(C)(C)OC(=O)N1CCC(Oc2cc(F)cc(Cc3ccc(I)cc3F)c2C(N)=O)CC1. The predicted molar refractivity (Wildman–Crippen MR) is 128 cm³/mol. The molecule has 1 aliphatic heterocycles. The molecule has 9 heteroatoms. The van der Waals surface area contributed by atoms with Crippen LogP contribution in [0.15, 0.2) is 30.3 Å². The molecule has 1 fully saturated rings. The van der Waals surface area contributed by atoms with E-state index in [9.17, 15) is 18.4 Å². The Balaban J connectivity index is 1.77. The van der Waals surface area contributed by atoms with Gasteiger partial charge in [-0.25, -0.2) is 13.6 Å². The second-order valence-corrected chi connectivity index (χ2v) is 10.2. The van der Waals surface area contributed by atoms with E-state index in [0.29, 0.717) is 31.5 Å². The van der Waals surface area contributed by atoms with Gasteiger partial charge in [0, 0.05) is 42.0 Å². The van der Waals surface area contributed by atoms with E-state index < -0.39 is 29.2 Å². The van der Waals surface area contributed by atoms with Gasteiger partial charge in [-0.3, -0.25) is 4.79 Å². The number of ether oxygens (including phenoxy) is 2. The summed E-state index contributed by atoms with van der Waals surface area (Å²) in [5, 5.41) is 0. The third-order valence-electron chi connectivity index (χ3n) is 5.18. The molecule has 1 saturated heterocycles. The summed E-state index contributed by atoms with van der Waals surface area (Å²) in [6, 6.07) is 7.00. The molecule has 0 bridgehead atoms. The number of hydrogen-bond donors (Lipinski definition) is 1. The van der Waals surface area contributed by atoms with Gasteiger partial charge in [-0.2, -0.15) is 0 Å². The van der Waals surface area contributed by atoms with Gasteiger partial charge >= 0.3 is 6.09 Å². The van der Waals surface area contributed by atoms with E-state index in [-0.39, 0.29) is 29.4 Å². The molecule has 6 nitrogen and oxygen atoms in total. The van der Waals surface area contributed by atoms with Crippen LogP contribution in [0.25, 0.3) is 0 Å². The average Bonchev–Trinajstić information content (AvgIpc) is 2.68. The first-order valence-corrected chi connectivity index (χ1v) is 11.7. The van der Waals surface area contributed by atoms with Crippen molar-refractivity contribution in [2.45, 2.75) is 51.7 Å². The topological polar surface area (TPSA) is 81.9 Å². The summed E-state index contributed by atoms with van der Waals surface area (Å²) in [5.74, 6) is -1.81. The third-order valence-corrected chi connectivity index (χ3v) is 5.85. The smallest absolute Gasteiger partial charge is 0.410 e. The quantitative estimate of drug-likeness (QED) is 0.510. The van der Waals surface area contributed by atoms with Crippen molar-refractivity contribution in [2.24, 2.45) is 5.73 Å². The summed E-state index contributed by atoms with van der Waals surface area (Å²) in [6.45, 7) is 6.21. The third kappa shape index (κ3) is 6.78. The Morgan fingerprint density at radius 2 is 1.79 bits per heavy atom. The van der Waals surface area contributed by atoms with E-state index >= 15 is 0 Å². The van der Waals surface area contributed by atoms with Crippen LogP contribution in [0, 0.1) is 15.2 Å². The first-order chi connectivity index (χ1) is 15.4. The largest absolute Gasteiger partial charge is 0.489 e. The summed E-state index contributed by atoms with van der Waals surface area (Å²) >= 11 is 2.00. The van der Waals surface area contributed by atoms with E-state index in [1.54, 1.807) is 37.8 Å². The molecule has 2 amide bonds. The lowest BCUT2D eigenvalue weighted by Crippen LogP contribution is -2.44. The van der Waals surface area contributed by atoms with Gasteiger partial charge in [0.15, 0.2) is 0 Å². The molecule has 0 unspecified atom stereocenters. The first-order valence-electron chi connectivity index (χ1n) is 10.6. The van der Waals surface area contributed by atoms with Crippen LogP contribution >= 0.6 is 22.6 Å². The van der Waals surface area contributed by atoms with Crippen molar-refractivity contribution in [2.75, 3.05) is 13.1 Å². The molecule has 33 heavy (non-hydrogen) atoms. The Labute approximate surface area is 205 Å². The highest BCUT2D eigenvalue weighted by atomic mass is 127. The molecule has 2 aromatic carbocycles. The van der Waals surface area contributed by atoms with Crippen molar-refractivity contribution in [3.63, 3.8) is 0 Å². The van der Waals surface area contributed by atoms with Gasteiger partial charge in [0.25, 0.3) is 5.91 Å². The van der Waals surface area contributed by atoms with E-state index in [4.69, 9.17) is 15.2 Å². The molecular weight excluding hydrogens is 545 g/mol. The molecule has 2 aromatic rings. The Bertz CT molecular complexity index is 1050.